The first-order valence-corrected chi connectivity index (χ1v) is 3.82. The summed E-state index contributed by atoms with van der Waals surface area (Å²) in [5.74, 6) is -0.912. The summed E-state index contributed by atoms with van der Waals surface area (Å²) >= 11 is 3.86. The zero-order chi connectivity index (χ0) is 8.85. The minimum Gasteiger partial charge on any atom is -0.480 e. The summed E-state index contributed by atoms with van der Waals surface area (Å²) in [6, 6.07) is -0.801. The molecule has 64 valence electrons. The van der Waals surface area contributed by atoms with Crippen LogP contribution in [-0.4, -0.2) is 28.8 Å². The van der Waals surface area contributed by atoms with Crippen LogP contribution in [0.1, 0.15) is 13.3 Å². The second kappa shape index (κ2) is 5.01. The molecule has 0 radical (unpaired) electrons. The van der Waals surface area contributed by atoms with Gasteiger partial charge in [0.2, 0.25) is 5.91 Å². The third kappa shape index (κ3) is 4.66. The number of carbonyl (C=O) groups excluding carboxylic acids is 1. The van der Waals surface area contributed by atoms with Gasteiger partial charge in [0, 0.05) is 6.92 Å². The Labute approximate surface area is 70.4 Å². The second-order valence-corrected chi connectivity index (χ2v) is 2.55. The molecule has 0 fully saturated rings. The summed E-state index contributed by atoms with van der Waals surface area (Å²) in [6.45, 7) is 1.29. The summed E-state index contributed by atoms with van der Waals surface area (Å²) < 4.78 is 0. The lowest BCUT2D eigenvalue weighted by Crippen LogP contribution is -2.39. The van der Waals surface area contributed by atoms with E-state index in [9.17, 15) is 9.59 Å². The number of hydrogen-bond donors (Lipinski definition) is 3. The molecular weight excluding hydrogens is 166 g/mol. The number of thiol groups is 1. The van der Waals surface area contributed by atoms with Crippen molar-refractivity contribution in [1.82, 2.24) is 5.32 Å². The van der Waals surface area contributed by atoms with Crippen molar-refractivity contribution in [3.8, 4) is 0 Å². The summed E-state index contributed by atoms with van der Waals surface area (Å²) in [6.07, 6.45) is 0.345. The number of rotatable bonds is 4. The number of hydrogen-bond acceptors (Lipinski definition) is 3. The topological polar surface area (TPSA) is 66.4 Å². The highest BCUT2D eigenvalue weighted by Gasteiger charge is 2.16. The predicted octanol–water partition coefficient (Wildman–Crippen LogP) is -0.104. The number of carbonyl (C=O) groups is 2. The van der Waals surface area contributed by atoms with Crippen molar-refractivity contribution >= 4 is 24.5 Å². The van der Waals surface area contributed by atoms with Gasteiger partial charge in [-0.05, 0) is 12.2 Å². The van der Waals surface area contributed by atoms with Crippen LogP contribution in [0.25, 0.3) is 0 Å². The van der Waals surface area contributed by atoms with E-state index < -0.39 is 12.0 Å². The van der Waals surface area contributed by atoms with Crippen LogP contribution in [0.3, 0.4) is 0 Å². The van der Waals surface area contributed by atoms with Crippen LogP contribution in [0.5, 0.6) is 0 Å². The van der Waals surface area contributed by atoms with Gasteiger partial charge in [-0.25, -0.2) is 4.79 Å². The molecule has 0 aromatic heterocycles. The standard InChI is InChI=1S/C6H11NO3S/c1-4(8)7-5(2-3-11)6(9)10/h5,11H,2-3H2,1H3,(H,7,8)(H,9,10)/t5-/m0/s1. The van der Waals surface area contributed by atoms with E-state index in [4.69, 9.17) is 5.11 Å². The van der Waals surface area contributed by atoms with Crippen LogP contribution >= 0.6 is 12.6 Å². The van der Waals surface area contributed by atoms with Gasteiger partial charge in [0.1, 0.15) is 6.04 Å². The van der Waals surface area contributed by atoms with Crippen LogP contribution in [0.2, 0.25) is 0 Å². The van der Waals surface area contributed by atoms with Gasteiger partial charge in [-0.3, -0.25) is 4.79 Å². The number of amides is 1. The molecule has 5 heteroatoms. The van der Waals surface area contributed by atoms with E-state index in [-0.39, 0.29) is 5.91 Å². The van der Waals surface area contributed by atoms with E-state index >= 15 is 0 Å². The maximum Gasteiger partial charge on any atom is 0.326 e. The Morgan fingerprint density at radius 1 is 1.64 bits per heavy atom. The average molecular weight is 177 g/mol. The number of nitrogens with one attached hydrogen (secondary N) is 1. The summed E-state index contributed by atoms with van der Waals surface area (Å²) in [5, 5.41) is 10.8. The highest BCUT2D eigenvalue weighted by atomic mass is 32.1. The van der Waals surface area contributed by atoms with Gasteiger partial charge in [-0.2, -0.15) is 12.6 Å². The Hall–Kier alpha value is -0.710. The fourth-order valence-electron chi connectivity index (χ4n) is 0.632. The minimum absolute atomic E-state index is 0.334. The molecular formula is C6H11NO3S. The highest BCUT2D eigenvalue weighted by Crippen LogP contribution is 1.93. The minimum atomic E-state index is -1.02. The van der Waals surface area contributed by atoms with Crippen LogP contribution in [-0.2, 0) is 9.59 Å². The molecule has 0 rings (SSSR count). The van der Waals surface area contributed by atoms with Crippen molar-refractivity contribution in [2.24, 2.45) is 0 Å². The van der Waals surface area contributed by atoms with Crippen LogP contribution in [0.15, 0.2) is 0 Å². The predicted molar refractivity (Wildman–Crippen MR) is 43.7 cm³/mol. The van der Waals surface area contributed by atoms with Crippen molar-refractivity contribution in [2.45, 2.75) is 19.4 Å². The van der Waals surface area contributed by atoms with E-state index in [2.05, 4.69) is 17.9 Å². The van der Waals surface area contributed by atoms with Crippen molar-refractivity contribution < 1.29 is 14.7 Å². The molecule has 0 aromatic carbocycles. The largest absolute Gasteiger partial charge is 0.480 e. The molecule has 0 bridgehead atoms. The van der Waals surface area contributed by atoms with Gasteiger partial charge >= 0.3 is 5.97 Å². The lowest BCUT2D eigenvalue weighted by Gasteiger charge is -2.10. The number of carboxylic acid groups (broad SMARTS) is 1. The molecule has 0 saturated carbocycles. The third-order valence-corrected chi connectivity index (χ3v) is 1.35. The number of carboxylic acids is 1. The van der Waals surface area contributed by atoms with Gasteiger partial charge in [0.15, 0.2) is 0 Å². The van der Waals surface area contributed by atoms with Crippen molar-refractivity contribution in [3.05, 3.63) is 0 Å². The van der Waals surface area contributed by atoms with Gasteiger partial charge in [-0.1, -0.05) is 0 Å². The molecule has 0 aliphatic carbocycles. The summed E-state index contributed by atoms with van der Waals surface area (Å²) in [5.41, 5.74) is 0. The summed E-state index contributed by atoms with van der Waals surface area (Å²) in [7, 11) is 0. The fourth-order valence-corrected chi connectivity index (χ4v) is 0.890. The SMILES string of the molecule is CC(=O)N[C@@H](CCS)C(=O)O. The van der Waals surface area contributed by atoms with Crippen molar-refractivity contribution in [2.75, 3.05) is 5.75 Å². The molecule has 0 aliphatic rings. The molecule has 0 aliphatic heterocycles. The van der Waals surface area contributed by atoms with E-state index in [0.29, 0.717) is 12.2 Å². The summed E-state index contributed by atoms with van der Waals surface area (Å²) in [4.78, 5) is 20.8. The van der Waals surface area contributed by atoms with E-state index in [1.165, 1.54) is 6.92 Å². The zero-order valence-corrected chi connectivity index (χ0v) is 7.10. The maximum absolute atomic E-state index is 10.4. The lowest BCUT2D eigenvalue weighted by atomic mass is 10.2. The van der Waals surface area contributed by atoms with E-state index in [0.717, 1.165) is 0 Å². The molecule has 0 unspecified atom stereocenters. The lowest BCUT2D eigenvalue weighted by molar-refractivity contribution is -0.141. The molecule has 0 heterocycles. The second-order valence-electron chi connectivity index (χ2n) is 2.10. The first kappa shape index (κ1) is 10.3. The first-order chi connectivity index (χ1) is 5.07. The van der Waals surface area contributed by atoms with E-state index in [1.807, 2.05) is 0 Å². The van der Waals surface area contributed by atoms with Crippen LogP contribution in [0.4, 0.5) is 0 Å². The Balaban J connectivity index is 3.89. The van der Waals surface area contributed by atoms with Gasteiger partial charge in [-0.15, -0.1) is 0 Å². The Bertz CT molecular complexity index is 160. The average Bonchev–Trinajstić information content (AvgIpc) is 1.86. The molecule has 1 atom stereocenters. The normalized spacial score (nSPS) is 12.2. The van der Waals surface area contributed by atoms with E-state index in [1.54, 1.807) is 0 Å². The fraction of sp³-hybridized carbons (Fsp3) is 0.667. The maximum atomic E-state index is 10.4. The smallest absolute Gasteiger partial charge is 0.326 e. The Kier molecular flexibility index (Phi) is 4.69. The highest BCUT2D eigenvalue weighted by molar-refractivity contribution is 7.80. The van der Waals surface area contributed by atoms with Crippen molar-refractivity contribution in [1.29, 1.82) is 0 Å². The van der Waals surface area contributed by atoms with Gasteiger partial charge in [0.05, 0.1) is 0 Å². The number of aliphatic carboxylic acids is 1. The quantitative estimate of drug-likeness (QED) is 0.525. The Morgan fingerprint density at radius 3 is 2.45 bits per heavy atom. The molecule has 0 saturated heterocycles. The van der Waals surface area contributed by atoms with Crippen LogP contribution < -0.4 is 5.32 Å². The Morgan fingerprint density at radius 2 is 2.18 bits per heavy atom. The zero-order valence-electron chi connectivity index (χ0n) is 6.20. The van der Waals surface area contributed by atoms with Gasteiger partial charge < -0.3 is 10.4 Å². The molecule has 4 nitrogen and oxygen atoms in total. The van der Waals surface area contributed by atoms with Gasteiger partial charge in [0.25, 0.3) is 0 Å². The molecule has 1 amide bonds. The molecule has 0 spiro atoms. The third-order valence-electron chi connectivity index (χ3n) is 1.09. The monoisotopic (exact) mass is 177 g/mol. The molecule has 11 heavy (non-hydrogen) atoms. The first-order valence-electron chi connectivity index (χ1n) is 3.18. The van der Waals surface area contributed by atoms with Crippen molar-refractivity contribution in [3.63, 3.8) is 0 Å². The molecule has 0 aromatic rings. The van der Waals surface area contributed by atoms with Crippen LogP contribution in [0, 0.1) is 0 Å². The molecule has 2 N–H and O–H groups in total.